The summed E-state index contributed by atoms with van der Waals surface area (Å²) in [7, 11) is 0. The lowest BCUT2D eigenvalue weighted by molar-refractivity contribution is -0.142. The van der Waals surface area contributed by atoms with Gasteiger partial charge in [0.25, 0.3) is 0 Å². The first-order chi connectivity index (χ1) is 10.5. The van der Waals surface area contributed by atoms with E-state index in [0.29, 0.717) is 20.6 Å². The van der Waals surface area contributed by atoms with Crippen molar-refractivity contribution in [2.45, 2.75) is 16.7 Å². The Morgan fingerprint density at radius 2 is 1.68 bits per heavy atom. The molecule has 2 unspecified atom stereocenters. The second-order valence-corrected chi connectivity index (χ2v) is 6.66. The van der Waals surface area contributed by atoms with Gasteiger partial charge in [-0.15, -0.1) is 0 Å². The first-order valence-corrected chi connectivity index (χ1v) is 8.13. The van der Waals surface area contributed by atoms with Crippen molar-refractivity contribution in [1.29, 1.82) is 0 Å². The van der Waals surface area contributed by atoms with Crippen molar-refractivity contribution in [3.63, 3.8) is 0 Å². The van der Waals surface area contributed by atoms with Gasteiger partial charge in [0.05, 0.1) is 5.92 Å². The lowest BCUT2D eigenvalue weighted by Crippen LogP contribution is -2.17. The third-order valence-electron chi connectivity index (χ3n) is 2.99. The van der Waals surface area contributed by atoms with Crippen LogP contribution >= 0.6 is 11.6 Å². The molecular weight excluding hydrogens is 324 g/mol. The van der Waals surface area contributed by atoms with Crippen LogP contribution in [-0.4, -0.2) is 22.2 Å². The molecule has 0 bridgehead atoms. The van der Waals surface area contributed by atoms with Gasteiger partial charge >= 0.3 is 5.97 Å². The van der Waals surface area contributed by atoms with E-state index < -0.39 is 23.1 Å². The van der Waals surface area contributed by atoms with E-state index in [4.69, 9.17) is 21.4 Å². The highest BCUT2D eigenvalue weighted by molar-refractivity contribution is 7.91. The Morgan fingerprint density at radius 1 is 1.18 bits per heavy atom. The minimum absolute atomic E-state index is 0.0922. The highest BCUT2D eigenvalue weighted by Gasteiger charge is 2.15. The normalized spacial score (nSPS) is 13.4. The van der Waals surface area contributed by atoms with Crippen molar-refractivity contribution in [3.05, 3.63) is 53.6 Å². The zero-order valence-corrected chi connectivity index (χ0v) is 13.4. The van der Waals surface area contributed by atoms with E-state index in [1.54, 1.807) is 55.5 Å². The molecule has 2 aromatic carbocycles. The quantitative estimate of drug-likeness (QED) is 0.817. The summed E-state index contributed by atoms with van der Waals surface area (Å²) in [5.41, 5.74) is 0. The van der Waals surface area contributed by atoms with E-state index in [0.717, 1.165) is 0 Å². The van der Waals surface area contributed by atoms with Gasteiger partial charge in [-0.1, -0.05) is 11.6 Å². The van der Waals surface area contributed by atoms with Crippen LogP contribution in [-0.2, 0) is 16.0 Å². The number of hydrogen-bond acceptors (Lipinski definition) is 3. The average Bonchev–Trinajstić information content (AvgIpc) is 2.53. The molecule has 0 saturated carbocycles. The van der Waals surface area contributed by atoms with Crippen LogP contribution in [0, 0.1) is 5.92 Å². The monoisotopic (exact) mass is 338 g/mol. The molecular formula is C16H15ClO4S. The largest absolute Gasteiger partial charge is 0.606 e. The van der Waals surface area contributed by atoms with Crippen LogP contribution in [0.3, 0.4) is 0 Å². The highest BCUT2D eigenvalue weighted by Crippen LogP contribution is 2.24. The van der Waals surface area contributed by atoms with Gasteiger partial charge in [-0.2, -0.15) is 0 Å². The third-order valence-corrected chi connectivity index (χ3v) is 4.64. The molecule has 0 fully saturated rings. The Bertz CT molecular complexity index is 628. The number of benzene rings is 2. The van der Waals surface area contributed by atoms with E-state index in [2.05, 4.69) is 0 Å². The number of carbonyl (C=O) groups is 1. The zero-order chi connectivity index (χ0) is 16.1. The second-order valence-electron chi connectivity index (χ2n) is 4.74. The lowest BCUT2D eigenvalue weighted by atomic mass is 10.2. The maximum absolute atomic E-state index is 12.4. The highest BCUT2D eigenvalue weighted by atomic mass is 35.5. The lowest BCUT2D eigenvalue weighted by Gasteiger charge is -2.12. The molecule has 0 spiro atoms. The number of hydrogen-bond donors (Lipinski definition) is 1. The predicted octanol–water partition coefficient (Wildman–Crippen LogP) is 3.61. The van der Waals surface area contributed by atoms with Gasteiger partial charge in [0.15, 0.2) is 9.79 Å². The Hall–Kier alpha value is -1.69. The van der Waals surface area contributed by atoms with Crippen LogP contribution in [0.25, 0.3) is 0 Å². The number of carboxylic acids is 1. The first kappa shape index (κ1) is 16.7. The molecule has 22 heavy (non-hydrogen) atoms. The average molecular weight is 339 g/mol. The van der Waals surface area contributed by atoms with Crippen LogP contribution in [0.5, 0.6) is 5.75 Å². The molecule has 0 aromatic heterocycles. The van der Waals surface area contributed by atoms with Crippen molar-refractivity contribution < 1.29 is 19.2 Å². The summed E-state index contributed by atoms with van der Waals surface area (Å²) in [4.78, 5) is 12.0. The van der Waals surface area contributed by atoms with Crippen molar-refractivity contribution in [2.75, 3.05) is 6.61 Å². The van der Waals surface area contributed by atoms with Gasteiger partial charge < -0.3 is 14.4 Å². The minimum Gasteiger partial charge on any atom is -0.606 e. The number of carboxylic acid groups (broad SMARTS) is 1. The Morgan fingerprint density at radius 3 is 2.18 bits per heavy atom. The molecule has 0 aliphatic heterocycles. The van der Waals surface area contributed by atoms with Gasteiger partial charge in [0.1, 0.15) is 12.4 Å². The van der Waals surface area contributed by atoms with Crippen LogP contribution in [0.15, 0.2) is 58.3 Å². The molecule has 1 N–H and O–H groups in total. The van der Waals surface area contributed by atoms with Crippen LogP contribution < -0.4 is 4.74 Å². The summed E-state index contributed by atoms with van der Waals surface area (Å²) in [5.74, 6) is -0.937. The molecule has 0 aliphatic rings. The Balaban J connectivity index is 2.02. The second kappa shape index (κ2) is 7.54. The van der Waals surface area contributed by atoms with Crippen LogP contribution in [0.1, 0.15) is 6.92 Å². The number of aliphatic carboxylic acids is 1. The van der Waals surface area contributed by atoms with Crippen molar-refractivity contribution in [3.8, 4) is 5.75 Å². The van der Waals surface area contributed by atoms with Gasteiger partial charge in [-0.25, -0.2) is 0 Å². The molecule has 4 nitrogen and oxygen atoms in total. The van der Waals surface area contributed by atoms with Gasteiger partial charge in [-0.3, -0.25) is 4.79 Å². The van der Waals surface area contributed by atoms with E-state index in [1.165, 1.54) is 0 Å². The van der Waals surface area contributed by atoms with Crippen LogP contribution in [0.2, 0.25) is 5.02 Å². The minimum atomic E-state index is -1.29. The summed E-state index contributed by atoms with van der Waals surface area (Å²) >= 11 is 4.52. The van der Waals surface area contributed by atoms with Crippen LogP contribution in [0.4, 0.5) is 0 Å². The molecule has 0 saturated heterocycles. The number of ether oxygens (including phenoxy) is 1. The molecule has 0 aliphatic carbocycles. The number of halogens is 1. The van der Waals surface area contributed by atoms with E-state index >= 15 is 0 Å². The van der Waals surface area contributed by atoms with E-state index in [1.807, 2.05) is 0 Å². The van der Waals surface area contributed by atoms with E-state index in [9.17, 15) is 9.35 Å². The summed E-state index contributed by atoms with van der Waals surface area (Å²) in [6, 6.07) is 13.6. The van der Waals surface area contributed by atoms with Crippen molar-refractivity contribution in [2.24, 2.45) is 5.92 Å². The van der Waals surface area contributed by atoms with Gasteiger partial charge in [-0.05, 0) is 55.5 Å². The first-order valence-electron chi connectivity index (χ1n) is 6.60. The Kier molecular flexibility index (Phi) is 5.71. The molecule has 116 valence electrons. The number of rotatable bonds is 6. The fraction of sp³-hybridized carbons (Fsp3) is 0.188. The molecule has 2 atom stereocenters. The SMILES string of the molecule is CC(COc1ccc([S+]([O-])c2ccc(Cl)cc2)cc1)C(=O)O. The zero-order valence-electron chi connectivity index (χ0n) is 11.9. The summed E-state index contributed by atoms with van der Waals surface area (Å²) < 4.78 is 17.8. The topological polar surface area (TPSA) is 69.6 Å². The molecule has 2 rings (SSSR count). The molecule has 0 amide bonds. The van der Waals surface area contributed by atoms with Gasteiger partial charge in [0.2, 0.25) is 0 Å². The standard InChI is InChI=1S/C16H15ClO4S/c1-11(16(18)19)10-21-13-4-8-15(9-5-13)22(20)14-6-2-12(17)3-7-14/h2-9,11H,10H2,1H3,(H,18,19). The van der Waals surface area contributed by atoms with E-state index in [-0.39, 0.29) is 6.61 Å². The summed E-state index contributed by atoms with van der Waals surface area (Å²) in [5, 5.41) is 9.39. The van der Waals surface area contributed by atoms with Crippen molar-refractivity contribution >= 4 is 28.7 Å². The van der Waals surface area contributed by atoms with Crippen molar-refractivity contribution in [1.82, 2.24) is 0 Å². The maximum Gasteiger partial charge on any atom is 0.309 e. The fourth-order valence-electron chi connectivity index (χ4n) is 1.65. The maximum atomic E-state index is 12.4. The summed E-state index contributed by atoms with van der Waals surface area (Å²) in [6.45, 7) is 1.67. The summed E-state index contributed by atoms with van der Waals surface area (Å²) in [6.07, 6.45) is 0. The fourth-order valence-corrected chi connectivity index (χ4v) is 2.81. The third kappa shape index (κ3) is 4.40. The molecule has 2 aromatic rings. The molecule has 0 heterocycles. The smallest absolute Gasteiger partial charge is 0.309 e. The molecule has 0 radical (unpaired) electrons. The molecule has 6 heteroatoms. The predicted molar refractivity (Wildman–Crippen MR) is 84.9 cm³/mol. The Labute approximate surface area is 136 Å². The van der Waals surface area contributed by atoms with Gasteiger partial charge in [0, 0.05) is 16.2 Å².